The van der Waals surface area contributed by atoms with Crippen LogP contribution >= 0.6 is 0 Å². The number of rotatable bonds is 3. The second kappa shape index (κ2) is 3.51. The lowest BCUT2D eigenvalue weighted by atomic mass is 10.1. The molecule has 5 heteroatoms. The maximum Gasteiger partial charge on any atom is 0.150 e. The molecule has 0 spiro atoms. The molecule has 0 amide bonds. The second-order valence-electron chi connectivity index (χ2n) is 2.93. The van der Waals surface area contributed by atoms with E-state index in [0.717, 1.165) is 12.8 Å². The highest BCUT2D eigenvalue weighted by molar-refractivity contribution is 7.91. The average Bonchev–Trinajstić information content (AvgIpc) is 2.26. The molecule has 1 saturated heterocycles. The fourth-order valence-electron chi connectivity index (χ4n) is 1.33. The quantitative estimate of drug-likeness (QED) is 0.604. The Bertz CT molecular complexity index is 212. The summed E-state index contributed by atoms with van der Waals surface area (Å²) < 4.78 is 21.9. The van der Waals surface area contributed by atoms with E-state index in [4.69, 9.17) is 5.90 Å². The van der Waals surface area contributed by atoms with Crippen molar-refractivity contribution in [3.63, 3.8) is 0 Å². The molecular formula is C6H13NO3S. The smallest absolute Gasteiger partial charge is 0.150 e. The van der Waals surface area contributed by atoms with Crippen molar-refractivity contribution in [2.75, 3.05) is 18.1 Å². The van der Waals surface area contributed by atoms with Gasteiger partial charge in [0.05, 0.1) is 18.1 Å². The molecule has 0 saturated carbocycles. The van der Waals surface area contributed by atoms with Crippen molar-refractivity contribution in [2.24, 2.45) is 11.8 Å². The van der Waals surface area contributed by atoms with Gasteiger partial charge in [-0.25, -0.2) is 14.3 Å². The van der Waals surface area contributed by atoms with Crippen LogP contribution in [0.2, 0.25) is 0 Å². The molecule has 4 nitrogen and oxygen atoms in total. The average molecular weight is 179 g/mol. The summed E-state index contributed by atoms with van der Waals surface area (Å²) in [5, 5.41) is 0. The number of nitrogens with two attached hydrogens (primary N) is 1. The summed E-state index contributed by atoms with van der Waals surface area (Å²) in [6, 6.07) is 0. The molecule has 0 aromatic carbocycles. The molecule has 1 rings (SSSR count). The van der Waals surface area contributed by atoms with Gasteiger partial charge in [0.15, 0.2) is 9.84 Å². The van der Waals surface area contributed by atoms with Crippen molar-refractivity contribution in [1.82, 2.24) is 0 Å². The third kappa shape index (κ3) is 2.76. The van der Waals surface area contributed by atoms with Crippen molar-refractivity contribution in [3.8, 4) is 0 Å². The van der Waals surface area contributed by atoms with Gasteiger partial charge in [-0.15, -0.1) is 0 Å². The highest BCUT2D eigenvalue weighted by Crippen LogP contribution is 2.20. The third-order valence-corrected chi connectivity index (χ3v) is 3.81. The molecule has 1 aliphatic rings. The minimum atomic E-state index is -2.72. The van der Waals surface area contributed by atoms with E-state index in [2.05, 4.69) is 4.84 Å². The van der Waals surface area contributed by atoms with Crippen molar-refractivity contribution >= 4 is 9.84 Å². The van der Waals surface area contributed by atoms with Gasteiger partial charge >= 0.3 is 0 Å². The molecule has 2 N–H and O–H groups in total. The van der Waals surface area contributed by atoms with Crippen LogP contribution in [0.1, 0.15) is 12.8 Å². The topological polar surface area (TPSA) is 69.4 Å². The zero-order chi connectivity index (χ0) is 8.32. The predicted molar refractivity (Wildman–Crippen MR) is 41.5 cm³/mol. The van der Waals surface area contributed by atoms with E-state index in [1.54, 1.807) is 0 Å². The van der Waals surface area contributed by atoms with Gasteiger partial charge < -0.3 is 4.84 Å². The Hall–Kier alpha value is -0.130. The standard InChI is InChI=1S/C6H13NO3S/c7-10-3-1-6-2-4-11(8,9)5-6/h6H,1-5,7H2. The van der Waals surface area contributed by atoms with Crippen LogP contribution < -0.4 is 5.90 Å². The second-order valence-corrected chi connectivity index (χ2v) is 5.16. The molecule has 0 bridgehead atoms. The van der Waals surface area contributed by atoms with Gasteiger partial charge in [-0.1, -0.05) is 0 Å². The lowest BCUT2D eigenvalue weighted by Crippen LogP contribution is -2.09. The molecule has 1 unspecified atom stereocenters. The SMILES string of the molecule is NOCCC1CCS(=O)(=O)C1. The van der Waals surface area contributed by atoms with E-state index < -0.39 is 9.84 Å². The molecule has 1 fully saturated rings. The number of sulfone groups is 1. The summed E-state index contributed by atoms with van der Waals surface area (Å²) in [6.07, 6.45) is 1.53. The van der Waals surface area contributed by atoms with Crippen LogP contribution in [0.15, 0.2) is 0 Å². The summed E-state index contributed by atoms with van der Waals surface area (Å²) in [5.74, 6) is 5.74. The molecule has 1 heterocycles. The number of hydrogen-bond acceptors (Lipinski definition) is 4. The highest BCUT2D eigenvalue weighted by atomic mass is 32.2. The van der Waals surface area contributed by atoms with E-state index >= 15 is 0 Å². The van der Waals surface area contributed by atoms with Gasteiger partial charge in [0.1, 0.15) is 0 Å². The number of hydrogen-bond donors (Lipinski definition) is 1. The third-order valence-electron chi connectivity index (χ3n) is 1.97. The van der Waals surface area contributed by atoms with Gasteiger partial charge in [-0.05, 0) is 18.8 Å². The minimum absolute atomic E-state index is 0.267. The van der Waals surface area contributed by atoms with Crippen LogP contribution in [0.4, 0.5) is 0 Å². The summed E-state index contributed by atoms with van der Waals surface area (Å²) in [6.45, 7) is 0.459. The molecule has 0 aliphatic carbocycles. The van der Waals surface area contributed by atoms with E-state index in [1.807, 2.05) is 0 Å². The van der Waals surface area contributed by atoms with Crippen molar-refractivity contribution in [1.29, 1.82) is 0 Å². The Morgan fingerprint density at radius 3 is 2.73 bits per heavy atom. The van der Waals surface area contributed by atoms with Gasteiger partial charge in [0, 0.05) is 0 Å². The monoisotopic (exact) mass is 179 g/mol. The summed E-state index contributed by atoms with van der Waals surface area (Å²) >= 11 is 0. The van der Waals surface area contributed by atoms with Crippen LogP contribution in [0, 0.1) is 5.92 Å². The van der Waals surface area contributed by atoms with Crippen LogP contribution in [0.25, 0.3) is 0 Å². The molecule has 1 atom stereocenters. The summed E-state index contributed by atoms with van der Waals surface area (Å²) in [4.78, 5) is 4.38. The van der Waals surface area contributed by atoms with Crippen LogP contribution in [0.3, 0.4) is 0 Å². The highest BCUT2D eigenvalue weighted by Gasteiger charge is 2.27. The Morgan fingerprint density at radius 2 is 2.27 bits per heavy atom. The van der Waals surface area contributed by atoms with Crippen LogP contribution in [-0.4, -0.2) is 26.5 Å². The van der Waals surface area contributed by atoms with Gasteiger partial charge in [-0.3, -0.25) is 0 Å². The Balaban J connectivity index is 2.31. The first-order valence-electron chi connectivity index (χ1n) is 3.66. The first kappa shape index (κ1) is 8.96. The fourth-order valence-corrected chi connectivity index (χ4v) is 3.25. The molecular weight excluding hydrogens is 166 g/mol. The molecule has 1 aliphatic heterocycles. The van der Waals surface area contributed by atoms with Crippen molar-refractivity contribution < 1.29 is 13.3 Å². The lowest BCUT2D eigenvalue weighted by molar-refractivity contribution is 0.125. The fraction of sp³-hybridized carbons (Fsp3) is 1.00. The summed E-state index contributed by atoms with van der Waals surface area (Å²) in [7, 11) is -2.72. The first-order valence-corrected chi connectivity index (χ1v) is 5.48. The molecule has 66 valence electrons. The van der Waals surface area contributed by atoms with E-state index in [9.17, 15) is 8.42 Å². The normalized spacial score (nSPS) is 29.0. The van der Waals surface area contributed by atoms with Crippen molar-refractivity contribution in [3.05, 3.63) is 0 Å². The van der Waals surface area contributed by atoms with Crippen molar-refractivity contribution in [2.45, 2.75) is 12.8 Å². The predicted octanol–water partition coefficient (Wildman–Crippen LogP) is -0.298. The first-order chi connectivity index (χ1) is 5.14. The zero-order valence-electron chi connectivity index (χ0n) is 6.32. The lowest BCUT2D eigenvalue weighted by Gasteiger charge is -2.03. The van der Waals surface area contributed by atoms with Gasteiger partial charge in [-0.2, -0.15) is 0 Å². The van der Waals surface area contributed by atoms with E-state index in [0.29, 0.717) is 18.1 Å². The Morgan fingerprint density at radius 1 is 1.55 bits per heavy atom. The molecule has 11 heavy (non-hydrogen) atoms. The zero-order valence-corrected chi connectivity index (χ0v) is 7.14. The summed E-state index contributed by atoms with van der Waals surface area (Å²) in [5.41, 5.74) is 0. The molecule has 0 aromatic heterocycles. The Labute approximate surface area is 66.6 Å². The molecule has 0 radical (unpaired) electrons. The maximum atomic E-state index is 10.9. The van der Waals surface area contributed by atoms with Gasteiger partial charge in [0.2, 0.25) is 0 Å². The Kier molecular flexibility index (Phi) is 2.86. The maximum absolute atomic E-state index is 10.9. The van der Waals surface area contributed by atoms with E-state index in [1.165, 1.54) is 0 Å². The largest absolute Gasteiger partial charge is 0.305 e. The van der Waals surface area contributed by atoms with Crippen LogP contribution in [-0.2, 0) is 14.7 Å². The molecule has 0 aromatic rings. The van der Waals surface area contributed by atoms with Crippen LogP contribution in [0.5, 0.6) is 0 Å². The minimum Gasteiger partial charge on any atom is -0.305 e. The van der Waals surface area contributed by atoms with E-state index in [-0.39, 0.29) is 5.92 Å². The van der Waals surface area contributed by atoms with Gasteiger partial charge in [0.25, 0.3) is 0 Å².